The number of nitrogens with two attached hydrogens (primary N) is 1. The summed E-state index contributed by atoms with van der Waals surface area (Å²) < 4.78 is 0. The number of hydrogen-bond acceptors (Lipinski definition) is 3. The highest BCUT2D eigenvalue weighted by Gasteiger charge is 2.27. The Kier molecular flexibility index (Phi) is 5.64. The van der Waals surface area contributed by atoms with Crippen molar-refractivity contribution in [2.45, 2.75) is 51.5 Å². The fourth-order valence-electron chi connectivity index (χ4n) is 3.27. The monoisotopic (exact) mass is 267 g/mol. The second-order valence-corrected chi connectivity index (χ2v) is 6.25. The molecule has 2 aliphatic rings. The van der Waals surface area contributed by atoms with Crippen LogP contribution in [0.1, 0.15) is 45.4 Å². The molecule has 110 valence electrons. The third-order valence-electron chi connectivity index (χ3n) is 4.65. The van der Waals surface area contributed by atoms with Crippen molar-refractivity contribution in [2.75, 3.05) is 32.7 Å². The van der Waals surface area contributed by atoms with Gasteiger partial charge in [-0.05, 0) is 51.2 Å². The van der Waals surface area contributed by atoms with E-state index in [-0.39, 0.29) is 0 Å². The van der Waals surface area contributed by atoms with Crippen LogP contribution in [0.4, 0.5) is 0 Å². The van der Waals surface area contributed by atoms with E-state index in [9.17, 15) is 4.79 Å². The van der Waals surface area contributed by atoms with Gasteiger partial charge >= 0.3 is 0 Å². The summed E-state index contributed by atoms with van der Waals surface area (Å²) in [7, 11) is 0. The van der Waals surface area contributed by atoms with E-state index in [1.54, 1.807) is 0 Å². The second-order valence-electron chi connectivity index (χ2n) is 6.25. The molecule has 1 amide bonds. The maximum absolute atomic E-state index is 12.1. The molecule has 4 nitrogen and oxygen atoms in total. The van der Waals surface area contributed by atoms with Crippen molar-refractivity contribution in [1.29, 1.82) is 0 Å². The molecule has 2 N–H and O–H groups in total. The topological polar surface area (TPSA) is 49.6 Å². The van der Waals surface area contributed by atoms with Crippen LogP contribution in [0.3, 0.4) is 0 Å². The molecule has 2 heterocycles. The highest BCUT2D eigenvalue weighted by Crippen LogP contribution is 2.21. The van der Waals surface area contributed by atoms with E-state index in [0.717, 1.165) is 32.0 Å². The van der Waals surface area contributed by atoms with Gasteiger partial charge in [0.15, 0.2) is 0 Å². The van der Waals surface area contributed by atoms with Gasteiger partial charge in [-0.1, -0.05) is 13.3 Å². The fraction of sp³-hybridized carbons (Fsp3) is 0.933. The van der Waals surface area contributed by atoms with E-state index >= 15 is 0 Å². The maximum Gasteiger partial charge on any atom is 0.222 e. The first-order valence-electron chi connectivity index (χ1n) is 7.92. The lowest BCUT2D eigenvalue weighted by atomic mass is 9.99. The zero-order valence-corrected chi connectivity index (χ0v) is 12.3. The van der Waals surface area contributed by atoms with Crippen molar-refractivity contribution in [3.8, 4) is 0 Å². The standard InChI is InChI=1S/C15H29N3O/c1-13(12-16)11-15(19)18-9-5-14(6-10-18)17-7-3-2-4-8-17/h13-14H,2-12,16H2,1H3. The van der Waals surface area contributed by atoms with Gasteiger partial charge in [-0.3, -0.25) is 4.79 Å². The lowest BCUT2D eigenvalue weighted by Gasteiger charge is -2.40. The number of amides is 1. The largest absolute Gasteiger partial charge is 0.343 e. The van der Waals surface area contributed by atoms with E-state index in [0.29, 0.717) is 24.8 Å². The zero-order chi connectivity index (χ0) is 13.7. The molecule has 2 rings (SSSR count). The summed E-state index contributed by atoms with van der Waals surface area (Å²) in [5.74, 6) is 0.613. The van der Waals surface area contributed by atoms with Crippen molar-refractivity contribution in [3.63, 3.8) is 0 Å². The van der Waals surface area contributed by atoms with Gasteiger partial charge in [0, 0.05) is 25.6 Å². The molecule has 1 unspecified atom stereocenters. The van der Waals surface area contributed by atoms with Gasteiger partial charge in [-0.15, -0.1) is 0 Å². The first kappa shape index (κ1) is 14.8. The number of carbonyl (C=O) groups is 1. The minimum atomic E-state index is 0.301. The number of piperidine rings is 2. The van der Waals surface area contributed by atoms with E-state index < -0.39 is 0 Å². The van der Waals surface area contributed by atoms with Gasteiger partial charge in [0.1, 0.15) is 0 Å². The third-order valence-corrected chi connectivity index (χ3v) is 4.65. The van der Waals surface area contributed by atoms with Gasteiger partial charge in [-0.2, -0.15) is 0 Å². The Hall–Kier alpha value is -0.610. The van der Waals surface area contributed by atoms with Gasteiger partial charge in [0.05, 0.1) is 0 Å². The molecule has 0 aromatic carbocycles. The minimum Gasteiger partial charge on any atom is -0.343 e. The molecule has 2 fully saturated rings. The Labute approximate surface area is 117 Å². The quantitative estimate of drug-likeness (QED) is 0.838. The summed E-state index contributed by atoms with van der Waals surface area (Å²) in [4.78, 5) is 16.8. The molecule has 0 spiro atoms. The van der Waals surface area contributed by atoms with Crippen molar-refractivity contribution in [2.24, 2.45) is 11.7 Å². The van der Waals surface area contributed by atoms with Gasteiger partial charge in [0.2, 0.25) is 5.91 Å². The SMILES string of the molecule is CC(CN)CC(=O)N1CCC(N2CCCCC2)CC1. The van der Waals surface area contributed by atoms with Crippen LogP contribution in [0.15, 0.2) is 0 Å². The summed E-state index contributed by atoms with van der Waals surface area (Å²) in [5, 5.41) is 0. The van der Waals surface area contributed by atoms with Crippen LogP contribution in [-0.4, -0.2) is 54.5 Å². The Morgan fingerprint density at radius 3 is 2.37 bits per heavy atom. The summed E-state index contributed by atoms with van der Waals surface area (Å²) in [6.07, 6.45) is 7.03. The molecular formula is C15H29N3O. The van der Waals surface area contributed by atoms with E-state index in [4.69, 9.17) is 5.73 Å². The second kappa shape index (κ2) is 7.25. The van der Waals surface area contributed by atoms with E-state index in [1.165, 1.54) is 32.4 Å². The zero-order valence-electron chi connectivity index (χ0n) is 12.3. The van der Waals surface area contributed by atoms with Crippen LogP contribution in [0.2, 0.25) is 0 Å². The molecule has 0 aliphatic carbocycles. The van der Waals surface area contributed by atoms with Crippen LogP contribution in [-0.2, 0) is 4.79 Å². The van der Waals surface area contributed by atoms with Crippen molar-refractivity contribution >= 4 is 5.91 Å². The first-order valence-corrected chi connectivity index (χ1v) is 7.92. The van der Waals surface area contributed by atoms with Crippen LogP contribution < -0.4 is 5.73 Å². The molecule has 2 saturated heterocycles. The smallest absolute Gasteiger partial charge is 0.222 e. The van der Waals surface area contributed by atoms with Gasteiger partial charge in [0.25, 0.3) is 0 Å². The average Bonchev–Trinajstić information content (AvgIpc) is 2.48. The highest BCUT2D eigenvalue weighted by atomic mass is 16.2. The number of likely N-dealkylation sites (tertiary alicyclic amines) is 2. The number of nitrogens with zero attached hydrogens (tertiary/aromatic N) is 2. The van der Waals surface area contributed by atoms with Gasteiger partial charge in [-0.25, -0.2) is 0 Å². The van der Waals surface area contributed by atoms with Crippen LogP contribution >= 0.6 is 0 Å². The lowest BCUT2D eigenvalue weighted by molar-refractivity contribution is -0.133. The highest BCUT2D eigenvalue weighted by molar-refractivity contribution is 5.76. The normalized spacial score (nSPS) is 24.4. The van der Waals surface area contributed by atoms with Crippen molar-refractivity contribution in [1.82, 2.24) is 9.80 Å². The van der Waals surface area contributed by atoms with Crippen molar-refractivity contribution in [3.05, 3.63) is 0 Å². The predicted molar refractivity (Wildman–Crippen MR) is 77.9 cm³/mol. The van der Waals surface area contributed by atoms with Crippen LogP contribution in [0.5, 0.6) is 0 Å². The maximum atomic E-state index is 12.1. The van der Waals surface area contributed by atoms with Crippen LogP contribution in [0, 0.1) is 5.92 Å². The lowest BCUT2D eigenvalue weighted by Crippen LogP contribution is -2.48. The molecule has 19 heavy (non-hydrogen) atoms. The van der Waals surface area contributed by atoms with Crippen molar-refractivity contribution < 1.29 is 4.79 Å². The summed E-state index contributed by atoms with van der Waals surface area (Å²) in [5.41, 5.74) is 5.59. The fourth-order valence-corrected chi connectivity index (χ4v) is 3.27. The molecule has 4 heteroatoms. The Morgan fingerprint density at radius 1 is 1.16 bits per heavy atom. The Balaban J connectivity index is 1.73. The van der Waals surface area contributed by atoms with E-state index in [1.807, 2.05) is 4.90 Å². The molecule has 0 aromatic rings. The number of rotatable bonds is 4. The molecule has 0 saturated carbocycles. The Morgan fingerprint density at radius 2 is 1.79 bits per heavy atom. The van der Waals surface area contributed by atoms with E-state index in [2.05, 4.69) is 11.8 Å². The predicted octanol–water partition coefficient (Wildman–Crippen LogP) is 1.45. The molecule has 2 aliphatic heterocycles. The number of hydrogen-bond donors (Lipinski definition) is 1. The molecule has 0 radical (unpaired) electrons. The summed E-state index contributed by atoms with van der Waals surface area (Å²) in [6, 6.07) is 0.719. The first-order chi connectivity index (χ1) is 9.20. The van der Waals surface area contributed by atoms with Crippen LogP contribution in [0.25, 0.3) is 0 Å². The molecular weight excluding hydrogens is 238 g/mol. The molecule has 0 bridgehead atoms. The Bertz CT molecular complexity index is 281. The summed E-state index contributed by atoms with van der Waals surface area (Å²) >= 11 is 0. The molecule has 1 atom stereocenters. The average molecular weight is 267 g/mol. The third kappa shape index (κ3) is 4.18. The van der Waals surface area contributed by atoms with Gasteiger partial charge < -0.3 is 15.5 Å². The number of carbonyl (C=O) groups excluding carboxylic acids is 1. The molecule has 0 aromatic heterocycles. The minimum absolute atomic E-state index is 0.301. The summed E-state index contributed by atoms with van der Waals surface area (Å²) in [6.45, 7) is 7.08.